The van der Waals surface area contributed by atoms with Crippen LogP contribution in [-0.4, -0.2) is 38.6 Å². The highest BCUT2D eigenvalue weighted by Crippen LogP contribution is 2.39. The predicted molar refractivity (Wildman–Crippen MR) is 149 cm³/mol. The van der Waals surface area contributed by atoms with Crippen molar-refractivity contribution in [1.29, 1.82) is 0 Å². The van der Waals surface area contributed by atoms with Gasteiger partial charge in [-0.15, -0.1) is 0 Å². The Morgan fingerprint density at radius 3 is 2.61 bits per heavy atom. The molecular weight excluding hydrogens is 501 g/mol. The van der Waals surface area contributed by atoms with Crippen molar-refractivity contribution < 1.29 is 13.9 Å². The van der Waals surface area contributed by atoms with Gasteiger partial charge in [0, 0.05) is 36.7 Å². The second-order valence-electron chi connectivity index (χ2n) is 8.83. The first-order valence-electron chi connectivity index (χ1n) is 12.5. The van der Waals surface area contributed by atoms with Crippen molar-refractivity contribution in [3.05, 3.63) is 108 Å². The van der Waals surface area contributed by atoms with Crippen molar-refractivity contribution in [1.82, 2.24) is 19.8 Å². The lowest BCUT2D eigenvalue weighted by atomic mass is 10.0. The molecule has 0 saturated carbocycles. The van der Waals surface area contributed by atoms with E-state index in [1.54, 1.807) is 24.4 Å². The smallest absolute Gasteiger partial charge is 0.226 e. The van der Waals surface area contributed by atoms with Gasteiger partial charge in [-0.1, -0.05) is 18.2 Å². The topological polar surface area (TPSA) is 71.4 Å². The fourth-order valence-electron chi connectivity index (χ4n) is 4.71. The zero-order valence-corrected chi connectivity index (χ0v) is 21.7. The summed E-state index contributed by atoms with van der Waals surface area (Å²) < 4.78 is 21.8. The molecule has 4 aromatic rings. The first-order chi connectivity index (χ1) is 18.5. The van der Waals surface area contributed by atoms with Gasteiger partial charge < -0.3 is 24.8 Å². The maximum atomic E-state index is 14.0. The number of para-hydroxylation sites is 1. The third-order valence-corrected chi connectivity index (χ3v) is 6.79. The second-order valence-corrected chi connectivity index (χ2v) is 9.21. The van der Waals surface area contributed by atoms with Crippen LogP contribution in [0.3, 0.4) is 0 Å². The number of benzene rings is 2. The molecule has 194 valence electrons. The Balaban J connectivity index is 1.43. The van der Waals surface area contributed by atoms with Crippen LogP contribution < -0.4 is 15.4 Å². The molecule has 0 bridgehead atoms. The van der Waals surface area contributed by atoms with Crippen molar-refractivity contribution in [2.45, 2.75) is 25.4 Å². The summed E-state index contributed by atoms with van der Waals surface area (Å²) in [6.45, 7) is 2.90. The van der Waals surface area contributed by atoms with Gasteiger partial charge in [-0.3, -0.25) is 9.78 Å². The summed E-state index contributed by atoms with van der Waals surface area (Å²) >= 11 is 5.75. The van der Waals surface area contributed by atoms with Crippen molar-refractivity contribution in [2.24, 2.45) is 0 Å². The van der Waals surface area contributed by atoms with Crippen LogP contribution in [0.2, 0.25) is 0 Å². The molecule has 1 fully saturated rings. The molecule has 0 spiro atoms. The molecule has 0 aliphatic carbocycles. The predicted octanol–water partition coefficient (Wildman–Crippen LogP) is 5.41. The molecule has 1 saturated heterocycles. The highest BCUT2D eigenvalue weighted by molar-refractivity contribution is 7.80. The fraction of sp³-hybridized carbons (Fsp3) is 0.207. The van der Waals surface area contributed by atoms with Crippen LogP contribution in [0.1, 0.15) is 36.8 Å². The number of carbonyl (C=O) groups is 1. The largest absolute Gasteiger partial charge is 0.494 e. The first kappa shape index (κ1) is 25.4. The number of anilines is 1. The highest BCUT2D eigenvalue weighted by atomic mass is 32.1. The van der Waals surface area contributed by atoms with E-state index in [4.69, 9.17) is 17.0 Å². The van der Waals surface area contributed by atoms with E-state index in [2.05, 4.69) is 26.3 Å². The third-order valence-electron chi connectivity index (χ3n) is 6.43. The minimum absolute atomic E-state index is 0.130. The summed E-state index contributed by atoms with van der Waals surface area (Å²) in [7, 11) is 0. The van der Waals surface area contributed by atoms with Crippen LogP contribution in [0.4, 0.5) is 10.1 Å². The van der Waals surface area contributed by atoms with Gasteiger partial charge in [0.25, 0.3) is 0 Å². The van der Waals surface area contributed by atoms with Crippen molar-refractivity contribution in [2.75, 3.05) is 18.5 Å². The second kappa shape index (κ2) is 11.4. The Kier molecular flexibility index (Phi) is 7.65. The molecule has 38 heavy (non-hydrogen) atoms. The molecule has 2 atom stereocenters. The van der Waals surface area contributed by atoms with Crippen LogP contribution in [0.5, 0.6) is 5.75 Å². The fourth-order valence-corrected chi connectivity index (χ4v) is 5.04. The van der Waals surface area contributed by atoms with Gasteiger partial charge in [-0.05, 0) is 79.8 Å². The molecule has 0 radical (unpaired) electrons. The van der Waals surface area contributed by atoms with Gasteiger partial charge in [0.05, 0.1) is 30.1 Å². The van der Waals surface area contributed by atoms with Crippen LogP contribution >= 0.6 is 12.2 Å². The molecule has 5 rings (SSSR count). The minimum Gasteiger partial charge on any atom is -0.494 e. The molecule has 1 aliphatic heterocycles. The van der Waals surface area contributed by atoms with Gasteiger partial charge in [-0.25, -0.2) is 4.39 Å². The molecule has 0 unspecified atom stereocenters. The van der Waals surface area contributed by atoms with E-state index in [-0.39, 0.29) is 30.1 Å². The van der Waals surface area contributed by atoms with E-state index >= 15 is 0 Å². The molecule has 1 aliphatic rings. The summed E-state index contributed by atoms with van der Waals surface area (Å²) in [5.41, 5.74) is 2.97. The van der Waals surface area contributed by atoms with Crippen molar-refractivity contribution >= 4 is 28.9 Å². The molecule has 3 heterocycles. The summed E-state index contributed by atoms with van der Waals surface area (Å²) in [5, 5.41) is 6.61. The van der Waals surface area contributed by atoms with Crippen LogP contribution in [0.15, 0.2) is 91.3 Å². The van der Waals surface area contributed by atoms with E-state index in [1.165, 1.54) is 6.07 Å². The summed E-state index contributed by atoms with van der Waals surface area (Å²) in [4.78, 5) is 19.3. The number of hydrogen-bond donors (Lipinski definition) is 2. The van der Waals surface area contributed by atoms with E-state index < -0.39 is 5.82 Å². The lowest BCUT2D eigenvalue weighted by Crippen LogP contribution is -2.33. The molecule has 9 heteroatoms. The van der Waals surface area contributed by atoms with Crippen LogP contribution in [-0.2, 0) is 4.79 Å². The number of aromatic nitrogens is 2. The summed E-state index contributed by atoms with van der Waals surface area (Å²) in [6, 6.07) is 23.4. The Morgan fingerprint density at radius 1 is 1.08 bits per heavy atom. The van der Waals surface area contributed by atoms with E-state index in [0.717, 1.165) is 22.8 Å². The number of ether oxygens (including phenoxy) is 1. The zero-order chi connectivity index (χ0) is 26.5. The number of carbonyl (C=O) groups excluding carboxylic acids is 1. The average Bonchev–Trinajstić information content (AvgIpc) is 3.54. The average molecular weight is 530 g/mol. The number of nitrogens with one attached hydrogen (secondary N) is 2. The number of rotatable bonds is 9. The maximum absolute atomic E-state index is 14.0. The Bertz CT molecular complexity index is 1410. The summed E-state index contributed by atoms with van der Waals surface area (Å²) in [5.74, 6) is 0.0443. The maximum Gasteiger partial charge on any atom is 0.226 e. The lowest BCUT2D eigenvalue weighted by Gasteiger charge is -2.29. The molecule has 2 aromatic heterocycles. The minimum atomic E-state index is -0.472. The Hall–Kier alpha value is -4.24. The van der Waals surface area contributed by atoms with Gasteiger partial charge >= 0.3 is 0 Å². The van der Waals surface area contributed by atoms with Crippen LogP contribution in [0, 0.1) is 5.82 Å². The molecule has 2 aromatic carbocycles. The molecule has 1 amide bonds. The number of thiocarbonyl (C=S) groups is 1. The Morgan fingerprint density at radius 2 is 1.87 bits per heavy atom. The third kappa shape index (κ3) is 5.38. The van der Waals surface area contributed by atoms with Crippen molar-refractivity contribution in [3.8, 4) is 11.4 Å². The van der Waals surface area contributed by atoms with E-state index in [0.29, 0.717) is 18.3 Å². The number of pyridine rings is 1. The standard InChI is InChI=1S/C29H28FN5O2S/c1-2-37-21-14-12-20(13-15-21)34-18-7-11-25(34)28-27(24-10-5-6-17-31-24)33-29(38)35(28)19-16-26(36)32-23-9-4-3-8-22(23)30/h3-15,17-18,27-28H,2,16,19H2,1H3,(H,32,36)(H,33,38)/t27-,28+/m0/s1. The monoisotopic (exact) mass is 529 g/mol. The van der Waals surface area contributed by atoms with Gasteiger partial charge in [0.15, 0.2) is 5.11 Å². The molecule has 7 nitrogen and oxygen atoms in total. The zero-order valence-electron chi connectivity index (χ0n) is 20.9. The highest BCUT2D eigenvalue weighted by Gasteiger charge is 2.41. The lowest BCUT2D eigenvalue weighted by molar-refractivity contribution is -0.116. The number of nitrogens with zero attached hydrogens (tertiary/aromatic N) is 3. The van der Waals surface area contributed by atoms with Crippen molar-refractivity contribution in [3.63, 3.8) is 0 Å². The number of amides is 1. The van der Waals surface area contributed by atoms with Gasteiger partial charge in [0.2, 0.25) is 5.91 Å². The SMILES string of the molecule is CCOc1ccc(-n2cccc2[C@@H]2[C@H](c3ccccn3)NC(=S)N2CCC(=O)Nc2ccccc2F)cc1. The Labute approximate surface area is 226 Å². The van der Waals surface area contributed by atoms with Gasteiger partial charge in [0.1, 0.15) is 11.6 Å². The summed E-state index contributed by atoms with van der Waals surface area (Å²) in [6.07, 6.45) is 3.89. The van der Waals surface area contributed by atoms with E-state index in [9.17, 15) is 9.18 Å². The molecular formula is C29H28FN5O2S. The number of halogens is 1. The van der Waals surface area contributed by atoms with Crippen LogP contribution in [0.25, 0.3) is 5.69 Å². The first-order valence-corrected chi connectivity index (χ1v) is 12.9. The molecule has 2 N–H and O–H groups in total. The van der Waals surface area contributed by atoms with E-state index in [1.807, 2.05) is 66.6 Å². The van der Waals surface area contributed by atoms with Gasteiger partial charge in [-0.2, -0.15) is 0 Å². The quantitative estimate of drug-likeness (QED) is 0.283. The number of hydrogen-bond acceptors (Lipinski definition) is 4. The normalized spacial score (nSPS) is 16.8.